The number of rotatable bonds is 2. The van der Waals surface area contributed by atoms with Crippen molar-refractivity contribution >= 4 is 27.5 Å². The molecule has 0 aliphatic heterocycles. The Bertz CT molecular complexity index is 314. The van der Waals surface area contributed by atoms with Crippen LogP contribution in [0.3, 0.4) is 0 Å². The SMILES string of the molecule is Clc1cnc(OC2CCC2)c(Br)c1. The molecule has 0 bridgehead atoms. The van der Waals surface area contributed by atoms with Crippen LogP contribution in [-0.2, 0) is 0 Å². The molecule has 0 atom stereocenters. The highest BCUT2D eigenvalue weighted by Crippen LogP contribution is 2.30. The number of nitrogens with zero attached hydrogens (tertiary/aromatic N) is 1. The van der Waals surface area contributed by atoms with Crippen LogP contribution in [0.1, 0.15) is 19.3 Å². The summed E-state index contributed by atoms with van der Waals surface area (Å²) in [5, 5.41) is 0.618. The summed E-state index contributed by atoms with van der Waals surface area (Å²) in [6.07, 6.45) is 5.48. The number of ether oxygens (including phenoxy) is 1. The van der Waals surface area contributed by atoms with E-state index in [4.69, 9.17) is 16.3 Å². The van der Waals surface area contributed by atoms with E-state index in [-0.39, 0.29) is 0 Å². The lowest BCUT2D eigenvalue weighted by Gasteiger charge is -2.26. The molecule has 2 rings (SSSR count). The van der Waals surface area contributed by atoms with Crippen molar-refractivity contribution < 1.29 is 4.74 Å². The van der Waals surface area contributed by atoms with Crippen LogP contribution in [0.5, 0.6) is 5.88 Å². The molecule has 0 unspecified atom stereocenters. The van der Waals surface area contributed by atoms with Crippen molar-refractivity contribution in [3.63, 3.8) is 0 Å². The molecule has 1 fully saturated rings. The van der Waals surface area contributed by atoms with Crippen molar-refractivity contribution in [2.24, 2.45) is 0 Å². The van der Waals surface area contributed by atoms with Gasteiger partial charge in [0.2, 0.25) is 5.88 Å². The Morgan fingerprint density at radius 1 is 1.54 bits per heavy atom. The molecule has 0 radical (unpaired) electrons. The van der Waals surface area contributed by atoms with E-state index in [0.717, 1.165) is 17.3 Å². The number of pyridine rings is 1. The number of hydrogen-bond donors (Lipinski definition) is 0. The summed E-state index contributed by atoms with van der Waals surface area (Å²) in [7, 11) is 0. The van der Waals surface area contributed by atoms with Crippen LogP contribution < -0.4 is 4.74 Å². The summed E-state index contributed by atoms with van der Waals surface area (Å²) in [5.41, 5.74) is 0. The summed E-state index contributed by atoms with van der Waals surface area (Å²) < 4.78 is 6.45. The van der Waals surface area contributed by atoms with Crippen LogP contribution in [-0.4, -0.2) is 11.1 Å². The molecule has 1 aliphatic carbocycles. The number of halogens is 2. The zero-order chi connectivity index (χ0) is 9.26. The zero-order valence-corrected chi connectivity index (χ0v) is 9.31. The van der Waals surface area contributed by atoms with Gasteiger partial charge in [-0.25, -0.2) is 4.98 Å². The van der Waals surface area contributed by atoms with Crippen molar-refractivity contribution in [3.8, 4) is 5.88 Å². The lowest BCUT2D eigenvalue weighted by molar-refractivity contribution is 0.113. The first-order valence-corrected chi connectivity index (χ1v) is 5.40. The fourth-order valence-electron chi connectivity index (χ4n) is 1.14. The van der Waals surface area contributed by atoms with Crippen LogP contribution in [0.2, 0.25) is 5.02 Å². The van der Waals surface area contributed by atoms with E-state index >= 15 is 0 Å². The third-order valence-electron chi connectivity index (χ3n) is 2.10. The minimum absolute atomic E-state index is 0.352. The average Bonchev–Trinajstić information content (AvgIpc) is 1.99. The minimum Gasteiger partial charge on any atom is -0.474 e. The van der Waals surface area contributed by atoms with Gasteiger partial charge in [-0.15, -0.1) is 0 Å². The highest BCUT2D eigenvalue weighted by atomic mass is 79.9. The van der Waals surface area contributed by atoms with Gasteiger partial charge >= 0.3 is 0 Å². The quantitative estimate of drug-likeness (QED) is 0.815. The maximum absolute atomic E-state index is 5.75. The van der Waals surface area contributed by atoms with Crippen molar-refractivity contribution in [2.75, 3.05) is 0 Å². The molecule has 1 aromatic heterocycles. The summed E-state index contributed by atoms with van der Waals surface area (Å²) in [6, 6.07) is 1.79. The van der Waals surface area contributed by atoms with E-state index in [0.29, 0.717) is 17.0 Å². The first kappa shape index (κ1) is 9.28. The first-order chi connectivity index (χ1) is 6.25. The van der Waals surface area contributed by atoms with E-state index in [1.54, 1.807) is 12.3 Å². The molecule has 0 aromatic carbocycles. The fraction of sp³-hybridized carbons (Fsp3) is 0.444. The van der Waals surface area contributed by atoms with Gasteiger partial charge in [0, 0.05) is 6.20 Å². The largest absolute Gasteiger partial charge is 0.474 e. The highest BCUT2D eigenvalue weighted by molar-refractivity contribution is 9.10. The second kappa shape index (κ2) is 3.84. The molecule has 1 aliphatic rings. The minimum atomic E-state index is 0.352. The van der Waals surface area contributed by atoms with Crippen LogP contribution >= 0.6 is 27.5 Å². The zero-order valence-electron chi connectivity index (χ0n) is 6.96. The van der Waals surface area contributed by atoms with Crippen molar-refractivity contribution in [1.82, 2.24) is 4.98 Å². The molecule has 0 amide bonds. The number of aromatic nitrogens is 1. The smallest absolute Gasteiger partial charge is 0.228 e. The standard InChI is InChI=1S/C9H9BrClNO/c10-8-4-6(11)5-12-9(8)13-7-2-1-3-7/h4-5,7H,1-3H2. The van der Waals surface area contributed by atoms with Crippen LogP contribution in [0.15, 0.2) is 16.7 Å². The van der Waals surface area contributed by atoms with Crippen molar-refractivity contribution in [2.45, 2.75) is 25.4 Å². The Hall–Kier alpha value is -0.280. The van der Waals surface area contributed by atoms with Gasteiger partial charge in [-0.2, -0.15) is 0 Å². The molecule has 70 valence electrons. The molecule has 1 heterocycles. The fourth-order valence-corrected chi connectivity index (χ4v) is 1.87. The van der Waals surface area contributed by atoms with Crippen molar-refractivity contribution in [3.05, 3.63) is 21.8 Å². The summed E-state index contributed by atoms with van der Waals surface area (Å²) in [6.45, 7) is 0. The maximum Gasteiger partial charge on any atom is 0.228 e. The van der Waals surface area contributed by atoms with E-state index in [2.05, 4.69) is 20.9 Å². The Morgan fingerprint density at radius 2 is 2.31 bits per heavy atom. The number of hydrogen-bond acceptors (Lipinski definition) is 2. The van der Waals surface area contributed by atoms with Crippen LogP contribution in [0.25, 0.3) is 0 Å². The predicted molar refractivity (Wildman–Crippen MR) is 55.2 cm³/mol. The van der Waals surface area contributed by atoms with Crippen LogP contribution in [0.4, 0.5) is 0 Å². The third-order valence-corrected chi connectivity index (χ3v) is 2.88. The van der Waals surface area contributed by atoms with Gasteiger partial charge in [0.05, 0.1) is 9.50 Å². The molecule has 0 N–H and O–H groups in total. The molecule has 4 heteroatoms. The second-order valence-electron chi connectivity index (χ2n) is 3.11. The Balaban J connectivity index is 2.10. The molecular formula is C9H9BrClNO. The molecular weight excluding hydrogens is 253 g/mol. The van der Waals surface area contributed by atoms with E-state index in [1.807, 2.05) is 0 Å². The van der Waals surface area contributed by atoms with Crippen LogP contribution in [0, 0.1) is 0 Å². The van der Waals surface area contributed by atoms with Gasteiger partial charge in [-0.3, -0.25) is 0 Å². The normalized spacial score (nSPS) is 16.8. The molecule has 0 spiro atoms. The molecule has 0 saturated heterocycles. The van der Waals surface area contributed by atoms with Crippen molar-refractivity contribution in [1.29, 1.82) is 0 Å². The van der Waals surface area contributed by atoms with Gasteiger partial charge in [0.25, 0.3) is 0 Å². The average molecular weight is 263 g/mol. The first-order valence-electron chi connectivity index (χ1n) is 4.23. The topological polar surface area (TPSA) is 22.1 Å². The summed E-state index contributed by atoms with van der Waals surface area (Å²) >= 11 is 9.11. The van der Waals surface area contributed by atoms with Gasteiger partial charge in [0.15, 0.2) is 0 Å². The van der Waals surface area contributed by atoms with Gasteiger partial charge < -0.3 is 4.74 Å². The monoisotopic (exact) mass is 261 g/mol. The van der Waals surface area contributed by atoms with Gasteiger partial charge in [-0.05, 0) is 41.3 Å². The highest BCUT2D eigenvalue weighted by Gasteiger charge is 2.20. The summed E-state index contributed by atoms with van der Waals surface area (Å²) in [5.74, 6) is 0.647. The Labute approximate surface area is 90.4 Å². The third kappa shape index (κ3) is 2.15. The molecule has 1 saturated carbocycles. The molecule has 1 aromatic rings. The van der Waals surface area contributed by atoms with E-state index < -0.39 is 0 Å². The maximum atomic E-state index is 5.75. The second-order valence-corrected chi connectivity index (χ2v) is 4.40. The molecule has 13 heavy (non-hydrogen) atoms. The Kier molecular flexibility index (Phi) is 2.74. The molecule has 2 nitrogen and oxygen atoms in total. The van der Waals surface area contributed by atoms with Gasteiger partial charge in [-0.1, -0.05) is 11.6 Å². The van der Waals surface area contributed by atoms with E-state index in [9.17, 15) is 0 Å². The predicted octanol–water partition coefficient (Wildman–Crippen LogP) is 3.43. The van der Waals surface area contributed by atoms with Gasteiger partial charge in [0.1, 0.15) is 6.10 Å². The Morgan fingerprint density at radius 3 is 2.85 bits per heavy atom. The lowest BCUT2D eigenvalue weighted by atomic mass is 9.96. The lowest BCUT2D eigenvalue weighted by Crippen LogP contribution is -2.25. The van der Waals surface area contributed by atoms with E-state index in [1.165, 1.54) is 6.42 Å². The summed E-state index contributed by atoms with van der Waals surface area (Å²) in [4.78, 5) is 4.10.